The number of hydrogen-bond donors (Lipinski definition) is 0. The van der Waals surface area contributed by atoms with Gasteiger partial charge in [0, 0.05) is 24.5 Å². The molecule has 0 N–H and O–H groups in total. The quantitative estimate of drug-likeness (QED) is 0.738. The first-order chi connectivity index (χ1) is 11.8. The Morgan fingerprint density at radius 1 is 1.17 bits per heavy atom. The first kappa shape index (κ1) is 14.5. The fourth-order valence-corrected chi connectivity index (χ4v) is 3.06. The van der Waals surface area contributed by atoms with Crippen LogP contribution >= 0.6 is 0 Å². The zero-order valence-electron chi connectivity index (χ0n) is 13.0. The molecule has 1 aliphatic heterocycles. The number of carbonyl (C=O) groups excluding carboxylic acids is 1. The molecule has 0 spiro atoms. The molecule has 0 aliphatic carbocycles. The molecule has 0 saturated carbocycles. The predicted molar refractivity (Wildman–Crippen MR) is 86.4 cm³/mol. The van der Waals surface area contributed by atoms with Crippen LogP contribution in [0.25, 0.3) is 5.82 Å². The summed E-state index contributed by atoms with van der Waals surface area (Å²) in [6, 6.07) is 9.32. The number of amides is 1. The molecule has 1 amide bonds. The summed E-state index contributed by atoms with van der Waals surface area (Å²) in [6.45, 7) is 0.737. The van der Waals surface area contributed by atoms with Crippen molar-refractivity contribution in [3.05, 3.63) is 66.6 Å². The van der Waals surface area contributed by atoms with Crippen molar-refractivity contribution in [2.45, 2.75) is 18.9 Å². The zero-order valence-corrected chi connectivity index (χ0v) is 13.0. The molecule has 0 radical (unpaired) electrons. The summed E-state index contributed by atoms with van der Waals surface area (Å²) in [7, 11) is 0. The second kappa shape index (κ2) is 6.19. The van der Waals surface area contributed by atoms with E-state index in [1.807, 2.05) is 23.1 Å². The van der Waals surface area contributed by atoms with E-state index < -0.39 is 0 Å². The maximum absolute atomic E-state index is 13.0. The van der Waals surface area contributed by atoms with Gasteiger partial charge in [0.05, 0.1) is 11.7 Å². The number of likely N-dealkylation sites (tertiary alicyclic amines) is 1. The molecule has 3 aromatic rings. The van der Waals surface area contributed by atoms with Gasteiger partial charge < -0.3 is 4.90 Å². The van der Waals surface area contributed by atoms with Gasteiger partial charge in [-0.25, -0.2) is 14.6 Å². The van der Waals surface area contributed by atoms with Gasteiger partial charge in [-0.05, 0) is 37.1 Å². The Morgan fingerprint density at radius 3 is 2.92 bits per heavy atom. The van der Waals surface area contributed by atoms with Crippen LogP contribution in [-0.2, 0) is 0 Å². The number of pyridine rings is 2. The summed E-state index contributed by atoms with van der Waals surface area (Å²) in [5.74, 6) is 0.568. The van der Waals surface area contributed by atoms with Crippen LogP contribution in [0.3, 0.4) is 0 Å². The van der Waals surface area contributed by atoms with E-state index in [0.717, 1.165) is 25.1 Å². The van der Waals surface area contributed by atoms with Crippen LogP contribution in [0, 0.1) is 0 Å². The number of nitrogens with zero attached hydrogens (tertiary/aromatic N) is 6. The summed E-state index contributed by atoms with van der Waals surface area (Å²) in [5, 5.41) is 4.06. The molecule has 7 nitrogen and oxygen atoms in total. The molecular formula is C17H16N6O. The Balaban J connectivity index is 1.62. The zero-order chi connectivity index (χ0) is 16.4. The molecule has 24 heavy (non-hydrogen) atoms. The summed E-state index contributed by atoms with van der Waals surface area (Å²) in [6.07, 6.45) is 8.30. The molecule has 3 aromatic heterocycles. The second-order valence-corrected chi connectivity index (χ2v) is 5.65. The summed E-state index contributed by atoms with van der Waals surface area (Å²) < 4.78 is 1.54. The van der Waals surface area contributed by atoms with Crippen molar-refractivity contribution >= 4 is 5.91 Å². The van der Waals surface area contributed by atoms with E-state index in [9.17, 15) is 4.79 Å². The Kier molecular flexibility index (Phi) is 3.74. The molecule has 1 fully saturated rings. The van der Waals surface area contributed by atoms with Gasteiger partial charge in [-0.15, -0.1) is 0 Å². The Labute approximate surface area is 139 Å². The monoisotopic (exact) mass is 320 g/mol. The van der Waals surface area contributed by atoms with E-state index in [4.69, 9.17) is 0 Å². The van der Waals surface area contributed by atoms with Crippen molar-refractivity contribution < 1.29 is 4.79 Å². The van der Waals surface area contributed by atoms with E-state index in [1.165, 1.54) is 11.0 Å². The lowest BCUT2D eigenvalue weighted by molar-refractivity contribution is 0.0732. The lowest BCUT2D eigenvalue weighted by atomic mass is 10.1. The normalized spacial score (nSPS) is 17.2. The lowest BCUT2D eigenvalue weighted by Gasteiger charge is -2.24. The van der Waals surface area contributed by atoms with Gasteiger partial charge in [0.25, 0.3) is 5.91 Å². The van der Waals surface area contributed by atoms with Crippen LogP contribution in [0.2, 0.25) is 0 Å². The van der Waals surface area contributed by atoms with Crippen LogP contribution in [0.15, 0.2) is 55.4 Å². The van der Waals surface area contributed by atoms with Crippen molar-refractivity contribution in [3.8, 4) is 5.82 Å². The van der Waals surface area contributed by atoms with Crippen LogP contribution in [0.4, 0.5) is 0 Å². The highest BCUT2D eigenvalue weighted by Gasteiger charge is 2.31. The van der Waals surface area contributed by atoms with Gasteiger partial charge in [-0.2, -0.15) is 5.10 Å². The third-order valence-electron chi connectivity index (χ3n) is 4.19. The van der Waals surface area contributed by atoms with Crippen molar-refractivity contribution in [2.24, 2.45) is 0 Å². The van der Waals surface area contributed by atoms with E-state index in [2.05, 4.69) is 20.1 Å². The SMILES string of the molecule is O=C(c1ccnc(-n2cncn2)c1)N1CCC[C@H]1c1ccccn1. The first-order valence-electron chi connectivity index (χ1n) is 7.86. The van der Waals surface area contributed by atoms with Crippen molar-refractivity contribution in [1.29, 1.82) is 0 Å². The summed E-state index contributed by atoms with van der Waals surface area (Å²) in [4.78, 5) is 27.4. The first-order valence-corrected chi connectivity index (χ1v) is 7.86. The van der Waals surface area contributed by atoms with Crippen LogP contribution < -0.4 is 0 Å². The highest BCUT2D eigenvalue weighted by Crippen LogP contribution is 2.31. The summed E-state index contributed by atoms with van der Waals surface area (Å²) >= 11 is 0. The molecule has 0 unspecified atom stereocenters. The van der Waals surface area contributed by atoms with E-state index in [0.29, 0.717) is 11.4 Å². The Morgan fingerprint density at radius 2 is 2.12 bits per heavy atom. The average Bonchev–Trinajstić information content (AvgIpc) is 3.34. The molecule has 120 valence electrons. The molecule has 0 bridgehead atoms. The maximum Gasteiger partial charge on any atom is 0.254 e. The average molecular weight is 320 g/mol. The maximum atomic E-state index is 13.0. The molecule has 1 atom stereocenters. The smallest absolute Gasteiger partial charge is 0.254 e. The number of carbonyl (C=O) groups is 1. The molecule has 4 heterocycles. The number of rotatable bonds is 3. The molecular weight excluding hydrogens is 304 g/mol. The van der Waals surface area contributed by atoms with Gasteiger partial charge in [-0.3, -0.25) is 9.78 Å². The van der Waals surface area contributed by atoms with E-state index in [-0.39, 0.29) is 11.9 Å². The van der Waals surface area contributed by atoms with Gasteiger partial charge in [-0.1, -0.05) is 6.07 Å². The van der Waals surface area contributed by atoms with Crippen molar-refractivity contribution in [1.82, 2.24) is 29.6 Å². The van der Waals surface area contributed by atoms with Crippen LogP contribution in [0.5, 0.6) is 0 Å². The molecule has 4 rings (SSSR count). The molecule has 1 saturated heterocycles. The molecule has 0 aromatic carbocycles. The van der Waals surface area contributed by atoms with Gasteiger partial charge in [0.15, 0.2) is 5.82 Å². The van der Waals surface area contributed by atoms with Gasteiger partial charge in [0.2, 0.25) is 0 Å². The topological polar surface area (TPSA) is 76.8 Å². The number of aromatic nitrogens is 5. The van der Waals surface area contributed by atoms with Gasteiger partial charge in [0.1, 0.15) is 12.7 Å². The minimum atomic E-state index is -0.00748. The minimum Gasteiger partial charge on any atom is -0.330 e. The Hall–Kier alpha value is -3.09. The van der Waals surface area contributed by atoms with Crippen molar-refractivity contribution in [3.63, 3.8) is 0 Å². The highest BCUT2D eigenvalue weighted by molar-refractivity contribution is 5.95. The molecule has 7 heteroatoms. The third kappa shape index (κ3) is 2.64. The largest absolute Gasteiger partial charge is 0.330 e. The fraction of sp³-hybridized carbons (Fsp3) is 0.235. The van der Waals surface area contributed by atoms with Crippen LogP contribution in [0.1, 0.15) is 34.9 Å². The minimum absolute atomic E-state index is 0.00748. The van der Waals surface area contributed by atoms with Gasteiger partial charge >= 0.3 is 0 Å². The standard InChI is InChI=1S/C17H16N6O/c24-17(13-6-8-20-16(10-13)23-12-18-11-21-23)22-9-3-5-15(22)14-4-1-2-7-19-14/h1-2,4,6-8,10-12,15H,3,5,9H2/t15-/m0/s1. The lowest BCUT2D eigenvalue weighted by Crippen LogP contribution is -2.31. The molecule has 1 aliphatic rings. The highest BCUT2D eigenvalue weighted by atomic mass is 16.2. The van der Waals surface area contributed by atoms with E-state index >= 15 is 0 Å². The predicted octanol–water partition coefficient (Wildman–Crippen LogP) is 2.03. The fourth-order valence-electron chi connectivity index (χ4n) is 3.06. The summed E-state index contributed by atoms with van der Waals surface area (Å²) in [5.41, 5.74) is 1.53. The Bertz CT molecular complexity index is 833. The third-order valence-corrected chi connectivity index (χ3v) is 4.19. The van der Waals surface area contributed by atoms with Crippen molar-refractivity contribution in [2.75, 3.05) is 6.54 Å². The van der Waals surface area contributed by atoms with E-state index in [1.54, 1.807) is 30.9 Å². The van der Waals surface area contributed by atoms with Crippen LogP contribution in [-0.4, -0.2) is 42.1 Å². The number of hydrogen-bond acceptors (Lipinski definition) is 5. The second-order valence-electron chi connectivity index (χ2n) is 5.65.